The molecule has 4 heterocycles. The van der Waals surface area contributed by atoms with Gasteiger partial charge in [0.2, 0.25) is 0 Å². The van der Waals surface area contributed by atoms with Gasteiger partial charge in [-0.15, -0.1) is 0 Å². The van der Waals surface area contributed by atoms with Crippen molar-refractivity contribution < 1.29 is 14.6 Å². The number of ether oxygens (including phenoxy) is 1. The molecule has 0 aliphatic carbocycles. The zero-order valence-corrected chi connectivity index (χ0v) is 15.1. The minimum atomic E-state index is -0.236. The van der Waals surface area contributed by atoms with E-state index in [-0.39, 0.29) is 23.3 Å². The van der Waals surface area contributed by atoms with Gasteiger partial charge in [-0.05, 0) is 25.0 Å². The Morgan fingerprint density at radius 2 is 2.04 bits per heavy atom. The van der Waals surface area contributed by atoms with Gasteiger partial charge in [0.25, 0.3) is 5.91 Å². The molecular weight excluding hydrogens is 346 g/mol. The summed E-state index contributed by atoms with van der Waals surface area (Å²) in [6, 6.07) is 5.13. The summed E-state index contributed by atoms with van der Waals surface area (Å²) in [5, 5.41) is 9.93. The number of carbonyl (C=O) groups excluding carboxylic acids is 1. The van der Waals surface area contributed by atoms with Crippen molar-refractivity contribution in [2.24, 2.45) is 0 Å². The van der Waals surface area contributed by atoms with Crippen LogP contribution in [0.15, 0.2) is 30.7 Å². The molecule has 2 aliphatic rings. The SMILES string of the molecule is O=C(c1ncccc1O)N1CCC[C@H](c2cc(N3CCOCC3)ncn2)C1. The summed E-state index contributed by atoms with van der Waals surface area (Å²) >= 11 is 0. The highest BCUT2D eigenvalue weighted by atomic mass is 16.5. The van der Waals surface area contributed by atoms with Crippen LogP contribution < -0.4 is 4.90 Å². The van der Waals surface area contributed by atoms with Crippen LogP contribution in [-0.4, -0.2) is 70.3 Å². The number of hydrogen-bond donors (Lipinski definition) is 1. The van der Waals surface area contributed by atoms with Gasteiger partial charge >= 0.3 is 0 Å². The van der Waals surface area contributed by atoms with Crippen LogP contribution in [-0.2, 0) is 4.74 Å². The van der Waals surface area contributed by atoms with Crippen LogP contribution in [0.4, 0.5) is 5.82 Å². The number of nitrogens with zero attached hydrogens (tertiary/aromatic N) is 5. The molecule has 1 atom stereocenters. The average molecular weight is 369 g/mol. The molecule has 0 bridgehead atoms. The fraction of sp³-hybridized carbons (Fsp3) is 0.474. The standard InChI is InChI=1S/C19H23N5O3/c25-16-4-1-5-20-18(16)19(26)24-6-2-3-14(12-24)15-11-17(22-13-21-15)23-7-9-27-10-8-23/h1,4-5,11,13-14,25H,2-3,6-10,12H2/t14-/m0/s1. The molecular formula is C19H23N5O3. The molecule has 1 N–H and O–H groups in total. The van der Waals surface area contributed by atoms with Crippen LogP contribution in [0.3, 0.4) is 0 Å². The highest BCUT2D eigenvalue weighted by Crippen LogP contribution is 2.29. The first-order chi connectivity index (χ1) is 13.2. The molecule has 142 valence electrons. The van der Waals surface area contributed by atoms with E-state index in [1.165, 1.54) is 12.3 Å². The minimum absolute atomic E-state index is 0.0822. The van der Waals surface area contributed by atoms with Gasteiger partial charge in [0.05, 0.1) is 18.9 Å². The predicted octanol–water partition coefficient (Wildman–Crippen LogP) is 1.43. The molecule has 2 aliphatic heterocycles. The number of rotatable bonds is 3. The van der Waals surface area contributed by atoms with Gasteiger partial charge in [-0.1, -0.05) is 0 Å². The molecule has 2 aromatic heterocycles. The first-order valence-corrected chi connectivity index (χ1v) is 9.30. The summed E-state index contributed by atoms with van der Waals surface area (Å²) in [7, 11) is 0. The third kappa shape index (κ3) is 3.85. The summed E-state index contributed by atoms with van der Waals surface area (Å²) < 4.78 is 5.40. The van der Waals surface area contributed by atoms with Gasteiger partial charge in [0.1, 0.15) is 17.9 Å². The van der Waals surface area contributed by atoms with Crippen molar-refractivity contribution in [1.82, 2.24) is 19.9 Å². The predicted molar refractivity (Wildman–Crippen MR) is 98.8 cm³/mol. The van der Waals surface area contributed by atoms with Gasteiger partial charge in [-0.2, -0.15) is 0 Å². The number of hydrogen-bond acceptors (Lipinski definition) is 7. The second kappa shape index (κ2) is 7.87. The zero-order valence-electron chi connectivity index (χ0n) is 15.1. The molecule has 2 fully saturated rings. The number of aromatic nitrogens is 3. The van der Waals surface area contributed by atoms with E-state index in [2.05, 4.69) is 19.9 Å². The molecule has 0 saturated carbocycles. The molecule has 8 heteroatoms. The van der Waals surface area contributed by atoms with Crippen LogP contribution in [0, 0.1) is 0 Å². The topological polar surface area (TPSA) is 91.7 Å². The third-order valence-corrected chi connectivity index (χ3v) is 5.12. The van der Waals surface area contributed by atoms with E-state index >= 15 is 0 Å². The number of likely N-dealkylation sites (tertiary alicyclic amines) is 1. The number of piperidine rings is 1. The molecule has 0 aromatic carbocycles. The van der Waals surface area contributed by atoms with E-state index < -0.39 is 0 Å². The van der Waals surface area contributed by atoms with Crippen LogP contribution in [0.1, 0.15) is 34.9 Å². The van der Waals surface area contributed by atoms with Crippen molar-refractivity contribution in [2.45, 2.75) is 18.8 Å². The lowest BCUT2D eigenvalue weighted by Gasteiger charge is -2.33. The lowest BCUT2D eigenvalue weighted by atomic mass is 9.94. The van der Waals surface area contributed by atoms with Crippen molar-refractivity contribution in [1.29, 1.82) is 0 Å². The Morgan fingerprint density at radius 3 is 2.85 bits per heavy atom. The van der Waals surface area contributed by atoms with Gasteiger partial charge in [0.15, 0.2) is 5.69 Å². The third-order valence-electron chi connectivity index (χ3n) is 5.12. The Labute approximate surface area is 157 Å². The summed E-state index contributed by atoms with van der Waals surface area (Å²) in [5.74, 6) is 0.743. The number of morpholine rings is 1. The maximum atomic E-state index is 12.8. The van der Waals surface area contributed by atoms with Crippen molar-refractivity contribution >= 4 is 11.7 Å². The first kappa shape index (κ1) is 17.7. The van der Waals surface area contributed by atoms with Gasteiger partial charge in [-0.25, -0.2) is 15.0 Å². The largest absolute Gasteiger partial charge is 0.505 e. The lowest BCUT2D eigenvalue weighted by molar-refractivity contribution is 0.0696. The number of carbonyl (C=O) groups is 1. The molecule has 4 rings (SSSR count). The van der Waals surface area contributed by atoms with Crippen LogP contribution in [0.25, 0.3) is 0 Å². The number of pyridine rings is 1. The monoisotopic (exact) mass is 369 g/mol. The van der Waals surface area contributed by atoms with E-state index in [0.29, 0.717) is 26.3 Å². The van der Waals surface area contributed by atoms with Crippen molar-refractivity contribution in [3.05, 3.63) is 42.1 Å². The quantitative estimate of drug-likeness (QED) is 0.875. The van der Waals surface area contributed by atoms with Crippen LogP contribution >= 0.6 is 0 Å². The zero-order chi connectivity index (χ0) is 18.6. The molecule has 0 spiro atoms. The summed E-state index contributed by atoms with van der Waals surface area (Å²) in [4.78, 5) is 29.6. The first-order valence-electron chi connectivity index (χ1n) is 9.30. The van der Waals surface area contributed by atoms with E-state index in [1.807, 2.05) is 6.07 Å². The Bertz CT molecular complexity index is 809. The fourth-order valence-corrected chi connectivity index (χ4v) is 3.66. The second-order valence-electron chi connectivity index (χ2n) is 6.86. The molecule has 0 radical (unpaired) electrons. The van der Waals surface area contributed by atoms with Crippen molar-refractivity contribution in [2.75, 3.05) is 44.3 Å². The fourth-order valence-electron chi connectivity index (χ4n) is 3.66. The highest BCUT2D eigenvalue weighted by molar-refractivity contribution is 5.94. The van der Waals surface area contributed by atoms with Crippen LogP contribution in [0.5, 0.6) is 5.75 Å². The lowest BCUT2D eigenvalue weighted by Crippen LogP contribution is -2.40. The molecule has 2 aromatic rings. The summed E-state index contributed by atoms with van der Waals surface area (Å²) in [5.41, 5.74) is 1.06. The van der Waals surface area contributed by atoms with Crippen molar-refractivity contribution in [3.8, 4) is 5.75 Å². The highest BCUT2D eigenvalue weighted by Gasteiger charge is 2.28. The second-order valence-corrected chi connectivity index (χ2v) is 6.86. The normalized spacial score (nSPS) is 20.5. The minimum Gasteiger partial charge on any atom is -0.505 e. The molecule has 1 amide bonds. The Balaban J connectivity index is 1.50. The van der Waals surface area contributed by atoms with Gasteiger partial charge in [0, 0.05) is 44.4 Å². The smallest absolute Gasteiger partial charge is 0.276 e. The molecule has 0 unspecified atom stereocenters. The maximum Gasteiger partial charge on any atom is 0.276 e. The maximum absolute atomic E-state index is 12.8. The Kier molecular flexibility index (Phi) is 5.15. The van der Waals surface area contributed by atoms with Gasteiger partial charge < -0.3 is 19.6 Å². The molecule has 8 nitrogen and oxygen atoms in total. The molecule has 2 saturated heterocycles. The van der Waals surface area contributed by atoms with Crippen LogP contribution in [0.2, 0.25) is 0 Å². The Hall–Kier alpha value is -2.74. The van der Waals surface area contributed by atoms with E-state index in [1.54, 1.807) is 17.3 Å². The van der Waals surface area contributed by atoms with E-state index in [9.17, 15) is 9.90 Å². The van der Waals surface area contributed by atoms with E-state index in [0.717, 1.165) is 37.4 Å². The molecule has 27 heavy (non-hydrogen) atoms. The number of amides is 1. The van der Waals surface area contributed by atoms with Crippen molar-refractivity contribution in [3.63, 3.8) is 0 Å². The number of anilines is 1. The summed E-state index contributed by atoms with van der Waals surface area (Å²) in [6.07, 6.45) is 4.98. The average Bonchev–Trinajstić information content (AvgIpc) is 2.74. The number of aromatic hydroxyl groups is 1. The van der Waals surface area contributed by atoms with Gasteiger partial charge in [-0.3, -0.25) is 4.79 Å². The van der Waals surface area contributed by atoms with E-state index in [4.69, 9.17) is 4.74 Å². The Morgan fingerprint density at radius 1 is 1.19 bits per heavy atom. The summed E-state index contributed by atoms with van der Waals surface area (Å²) in [6.45, 7) is 4.29.